The standard InChI is InChI=1S/C18H26N6O/c1-2-24-17(21-22-23-24)14-7-6-8-15(11-14)20-16(25)12-18(13-19)9-4-3-5-10-18/h6-8,11H,2-5,9-10,12-13,19H2,1H3,(H,20,25). The lowest BCUT2D eigenvalue weighted by molar-refractivity contribution is -0.118. The number of carbonyl (C=O) groups is 1. The highest BCUT2D eigenvalue weighted by Crippen LogP contribution is 2.38. The molecule has 0 bridgehead atoms. The molecule has 3 rings (SSSR count). The zero-order chi connectivity index (χ0) is 17.7. The van der Waals surface area contributed by atoms with Crippen LogP contribution in [0.15, 0.2) is 24.3 Å². The fourth-order valence-electron chi connectivity index (χ4n) is 3.66. The number of anilines is 1. The number of aromatic nitrogens is 4. The molecule has 25 heavy (non-hydrogen) atoms. The molecule has 1 heterocycles. The Balaban J connectivity index is 1.70. The second kappa shape index (κ2) is 7.74. The summed E-state index contributed by atoms with van der Waals surface area (Å²) in [4.78, 5) is 12.6. The molecular weight excluding hydrogens is 316 g/mol. The molecule has 0 radical (unpaired) electrons. The van der Waals surface area contributed by atoms with Crippen LogP contribution in [0.2, 0.25) is 0 Å². The van der Waals surface area contributed by atoms with Gasteiger partial charge in [0.1, 0.15) is 0 Å². The summed E-state index contributed by atoms with van der Waals surface area (Å²) >= 11 is 0. The van der Waals surface area contributed by atoms with Gasteiger partial charge in [-0.25, -0.2) is 4.68 Å². The Morgan fingerprint density at radius 2 is 2.12 bits per heavy atom. The summed E-state index contributed by atoms with van der Waals surface area (Å²) in [5, 5.41) is 14.8. The molecule has 1 saturated carbocycles. The lowest BCUT2D eigenvalue weighted by atomic mass is 9.71. The van der Waals surface area contributed by atoms with Gasteiger partial charge in [0, 0.05) is 24.2 Å². The number of tetrazole rings is 1. The highest BCUT2D eigenvalue weighted by molar-refractivity contribution is 5.91. The minimum absolute atomic E-state index is 0.0274. The van der Waals surface area contributed by atoms with Crippen LogP contribution in [0.4, 0.5) is 5.69 Å². The van der Waals surface area contributed by atoms with E-state index < -0.39 is 0 Å². The first-order valence-corrected chi connectivity index (χ1v) is 9.02. The number of rotatable bonds is 6. The monoisotopic (exact) mass is 342 g/mol. The van der Waals surface area contributed by atoms with Crippen LogP contribution in [0.25, 0.3) is 11.4 Å². The van der Waals surface area contributed by atoms with E-state index >= 15 is 0 Å². The van der Waals surface area contributed by atoms with Crippen LogP contribution in [0, 0.1) is 5.41 Å². The zero-order valence-corrected chi connectivity index (χ0v) is 14.7. The number of nitrogens with one attached hydrogen (secondary N) is 1. The predicted molar refractivity (Wildman–Crippen MR) is 96.7 cm³/mol. The third-order valence-corrected chi connectivity index (χ3v) is 5.12. The van der Waals surface area contributed by atoms with Crippen LogP contribution >= 0.6 is 0 Å². The van der Waals surface area contributed by atoms with Gasteiger partial charge in [-0.15, -0.1) is 5.10 Å². The van der Waals surface area contributed by atoms with E-state index in [9.17, 15) is 4.79 Å². The fourth-order valence-corrected chi connectivity index (χ4v) is 3.66. The Morgan fingerprint density at radius 3 is 2.84 bits per heavy atom. The molecule has 134 valence electrons. The summed E-state index contributed by atoms with van der Waals surface area (Å²) < 4.78 is 1.73. The molecule has 7 nitrogen and oxygen atoms in total. The van der Waals surface area contributed by atoms with Crippen molar-refractivity contribution in [2.75, 3.05) is 11.9 Å². The van der Waals surface area contributed by atoms with Crippen molar-refractivity contribution in [3.05, 3.63) is 24.3 Å². The van der Waals surface area contributed by atoms with E-state index in [0.717, 1.165) is 24.1 Å². The van der Waals surface area contributed by atoms with Gasteiger partial charge in [-0.1, -0.05) is 31.4 Å². The molecule has 0 atom stereocenters. The molecule has 0 unspecified atom stereocenters. The van der Waals surface area contributed by atoms with Crippen LogP contribution in [-0.2, 0) is 11.3 Å². The van der Waals surface area contributed by atoms with E-state index in [4.69, 9.17) is 5.73 Å². The molecule has 3 N–H and O–H groups in total. The number of nitrogens with zero attached hydrogens (tertiary/aromatic N) is 4. The van der Waals surface area contributed by atoms with Crippen molar-refractivity contribution in [1.82, 2.24) is 20.2 Å². The lowest BCUT2D eigenvalue weighted by Crippen LogP contribution is -2.36. The Morgan fingerprint density at radius 1 is 1.32 bits per heavy atom. The molecule has 0 aliphatic heterocycles. The largest absolute Gasteiger partial charge is 0.330 e. The molecule has 0 saturated heterocycles. The smallest absolute Gasteiger partial charge is 0.224 e. The van der Waals surface area contributed by atoms with Crippen molar-refractivity contribution in [1.29, 1.82) is 0 Å². The molecule has 7 heteroatoms. The second-order valence-corrected chi connectivity index (χ2v) is 6.89. The molecule has 1 amide bonds. The summed E-state index contributed by atoms with van der Waals surface area (Å²) in [6.07, 6.45) is 6.15. The van der Waals surface area contributed by atoms with Gasteiger partial charge >= 0.3 is 0 Å². The second-order valence-electron chi connectivity index (χ2n) is 6.89. The van der Waals surface area contributed by atoms with Gasteiger partial charge in [0.25, 0.3) is 0 Å². The van der Waals surface area contributed by atoms with Crippen molar-refractivity contribution in [3.63, 3.8) is 0 Å². The Bertz CT molecular complexity index is 720. The van der Waals surface area contributed by atoms with E-state index in [1.54, 1.807) is 4.68 Å². The minimum atomic E-state index is -0.0355. The van der Waals surface area contributed by atoms with Crippen molar-refractivity contribution in [3.8, 4) is 11.4 Å². The first-order valence-electron chi connectivity index (χ1n) is 9.02. The van der Waals surface area contributed by atoms with Gasteiger partial charge in [-0.2, -0.15) is 0 Å². The third-order valence-electron chi connectivity index (χ3n) is 5.12. The van der Waals surface area contributed by atoms with Crippen molar-refractivity contribution < 1.29 is 4.79 Å². The normalized spacial score (nSPS) is 16.6. The summed E-state index contributed by atoms with van der Waals surface area (Å²) in [6.45, 7) is 3.26. The Kier molecular flexibility index (Phi) is 5.43. The Labute approximate surface area is 148 Å². The van der Waals surface area contributed by atoms with Crippen molar-refractivity contribution in [2.24, 2.45) is 11.1 Å². The van der Waals surface area contributed by atoms with Crippen LogP contribution in [-0.4, -0.2) is 32.7 Å². The first-order chi connectivity index (χ1) is 12.2. The van der Waals surface area contributed by atoms with Gasteiger partial charge in [0.15, 0.2) is 5.82 Å². The minimum Gasteiger partial charge on any atom is -0.330 e. The number of carbonyl (C=O) groups excluding carboxylic acids is 1. The van der Waals surface area contributed by atoms with Crippen molar-refractivity contribution >= 4 is 11.6 Å². The number of aryl methyl sites for hydroxylation is 1. The summed E-state index contributed by atoms with van der Waals surface area (Å²) in [5.41, 5.74) is 7.61. The number of amides is 1. The quantitative estimate of drug-likeness (QED) is 0.841. The number of hydrogen-bond acceptors (Lipinski definition) is 5. The average molecular weight is 342 g/mol. The van der Waals surface area contributed by atoms with Crippen LogP contribution in [0.3, 0.4) is 0 Å². The SMILES string of the molecule is CCn1nnnc1-c1cccc(NC(=O)CC2(CN)CCCCC2)c1. The molecule has 1 aliphatic rings. The van der Waals surface area contributed by atoms with E-state index in [0.29, 0.717) is 25.3 Å². The predicted octanol–water partition coefficient (Wildman–Crippen LogP) is 2.60. The Hall–Kier alpha value is -2.28. The topological polar surface area (TPSA) is 98.7 Å². The maximum absolute atomic E-state index is 12.6. The maximum Gasteiger partial charge on any atom is 0.224 e. The first kappa shape index (κ1) is 17.5. The van der Waals surface area contributed by atoms with E-state index in [1.807, 2.05) is 31.2 Å². The number of nitrogens with two attached hydrogens (primary N) is 1. The van der Waals surface area contributed by atoms with Crippen LogP contribution < -0.4 is 11.1 Å². The molecule has 1 aromatic carbocycles. The van der Waals surface area contributed by atoms with Crippen molar-refractivity contribution in [2.45, 2.75) is 52.0 Å². The van der Waals surface area contributed by atoms with Gasteiger partial charge in [0.2, 0.25) is 5.91 Å². The van der Waals surface area contributed by atoms with Crippen LogP contribution in [0.5, 0.6) is 0 Å². The van der Waals surface area contributed by atoms with E-state index in [1.165, 1.54) is 19.3 Å². The molecular formula is C18H26N6O. The average Bonchev–Trinajstić information content (AvgIpc) is 3.11. The molecule has 1 aromatic heterocycles. The van der Waals surface area contributed by atoms with Gasteiger partial charge in [-0.05, 0) is 54.3 Å². The maximum atomic E-state index is 12.6. The third kappa shape index (κ3) is 4.04. The van der Waals surface area contributed by atoms with Gasteiger partial charge < -0.3 is 11.1 Å². The summed E-state index contributed by atoms with van der Waals surface area (Å²) in [7, 11) is 0. The highest BCUT2D eigenvalue weighted by Gasteiger charge is 2.32. The lowest BCUT2D eigenvalue weighted by Gasteiger charge is -2.35. The summed E-state index contributed by atoms with van der Waals surface area (Å²) in [5.74, 6) is 0.726. The van der Waals surface area contributed by atoms with Gasteiger partial charge in [0.05, 0.1) is 0 Å². The highest BCUT2D eigenvalue weighted by atomic mass is 16.1. The fraction of sp³-hybridized carbons (Fsp3) is 0.556. The van der Waals surface area contributed by atoms with E-state index in [-0.39, 0.29) is 11.3 Å². The number of benzene rings is 1. The van der Waals surface area contributed by atoms with Crippen LogP contribution in [0.1, 0.15) is 45.4 Å². The molecule has 1 fully saturated rings. The summed E-state index contributed by atoms with van der Waals surface area (Å²) in [6, 6.07) is 7.64. The molecule has 0 spiro atoms. The number of hydrogen-bond donors (Lipinski definition) is 2. The molecule has 2 aromatic rings. The van der Waals surface area contributed by atoms with Gasteiger partial charge in [-0.3, -0.25) is 4.79 Å². The van der Waals surface area contributed by atoms with E-state index in [2.05, 4.69) is 20.8 Å². The molecule has 1 aliphatic carbocycles. The zero-order valence-electron chi connectivity index (χ0n) is 14.7.